The zero-order valence-corrected chi connectivity index (χ0v) is 15.8. The summed E-state index contributed by atoms with van der Waals surface area (Å²) in [5.41, 5.74) is 4.56. The Morgan fingerprint density at radius 1 is 1.00 bits per heavy atom. The molecule has 0 atom stereocenters. The fourth-order valence-electron chi connectivity index (χ4n) is 2.20. The van der Waals surface area contributed by atoms with E-state index < -0.39 is 0 Å². The molecule has 0 aromatic heterocycles. The summed E-state index contributed by atoms with van der Waals surface area (Å²) in [5.74, 6) is 1.94. The molecule has 0 amide bonds. The number of ether oxygens (including phenoxy) is 3. The molecule has 2 aromatic carbocycles. The van der Waals surface area contributed by atoms with Crippen molar-refractivity contribution in [2.24, 2.45) is 5.10 Å². The van der Waals surface area contributed by atoms with Crippen LogP contribution >= 0.6 is 12.2 Å². The number of phenolic OH excluding ortho intramolecular Hbond substituents is 1. The molecule has 8 heteroatoms. The molecule has 0 unspecified atom stereocenters. The molecule has 0 bridgehead atoms. The van der Waals surface area contributed by atoms with E-state index in [1.165, 1.54) is 0 Å². The Morgan fingerprint density at radius 2 is 1.73 bits per heavy atom. The average Bonchev–Trinajstić information content (AvgIpc) is 2.66. The van der Waals surface area contributed by atoms with Crippen LogP contribution in [0.15, 0.2) is 41.5 Å². The number of hydrazone groups is 1. The first kappa shape index (κ1) is 19.3. The highest BCUT2D eigenvalue weighted by Gasteiger charge is 2.08. The zero-order valence-electron chi connectivity index (χ0n) is 15.0. The lowest BCUT2D eigenvalue weighted by molar-refractivity contribution is 0.355. The second-order valence-corrected chi connectivity index (χ2v) is 5.62. The quantitative estimate of drug-likeness (QED) is 0.406. The fraction of sp³-hybridized carbons (Fsp3) is 0.222. The Kier molecular flexibility index (Phi) is 6.62. The number of aromatic hydroxyl groups is 1. The average molecular weight is 375 g/mol. The molecule has 138 valence electrons. The van der Waals surface area contributed by atoms with Gasteiger partial charge in [-0.1, -0.05) is 0 Å². The van der Waals surface area contributed by atoms with Crippen LogP contribution in [-0.4, -0.2) is 37.3 Å². The van der Waals surface area contributed by atoms with Crippen molar-refractivity contribution in [3.63, 3.8) is 0 Å². The van der Waals surface area contributed by atoms with E-state index in [-0.39, 0.29) is 5.75 Å². The van der Waals surface area contributed by atoms with Crippen molar-refractivity contribution < 1.29 is 19.3 Å². The Bertz CT molecular complexity index is 824. The third-order valence-corrected chi connectivity index (χ3v) is 3.75. The van der Waals surface area contributed by atoms with E-state index in [0.29, 0.717) is 33.6 Å². The van der Waals surface area contributed by atoms with Crippen LogP contribution in [0.3, 0.4) is 0 Å². The number of nitrogens with zero attached hydrogens (tertiary/aromatic N) is 1. The van der Waals surface area contributed by atoms with Crippen LogP contribution in [-0.2, 0) is 0 Å². The van der Waals surface area contributed by atoms with Crippen LogP contribution in [0, 0.1) is 0 Å². The zero-order chi connectivity index (χ0) is 19.1. The number of phenols is 1. The number of benzene rings is 2. The standard InChI is InChI=1S/C18H21N3O4S/c1-11(14-10-13(23-2)6-7-15(14)22)20-21-18(26)19-12-5-8-16(24-3)17(9-12)25-4/h5-10,22H,1-4H3,(H2,19,21,26)/b20-11+. The Balaban J connectivity index is 2.07. The van der Waals surface area contributed by atoms with Gasteiger partial charge in [0, 0.05) is 17.3 Å². The molecule has 0 spiro atoms. The first-order valence-corrected chi connectivity index (χ1v) is 8.10. The number of anilines is 1. The van der Waals surface area contributed by atoms with Crippen molar-refractivity contribution in [3.05, 3.63) is 42.0 Å². The van der Waals surface area contributed by atoms with E-state index in [2.05, 4.69) is 15.8 Å². The maximum Gasteiger partial charge on any atom is 0.191 e. The predicted molar refractivity (Wildman–Crippen MR) is 106 cm³/mol. The Morgan fingerprint density at radius 3 is 2.38 bits per heavy atom. The highest BCUT2D eigenvalue weighted by atomic mass is 32.1. The number of hydrogen-bond donors (Lipinski definition) is 3. The van der Waals surface area contributed by atoms with E-state index in [9.17, 15) is 5.11 Å². The molecular weight excluding hydrogens is 354 g/mol. The van der Waals surface area contributed by atoms with Gasteiger partial charge in [-0.05, 0) is 49.5 Å². The topological polar surface area (TPSA) is 84.3 Å². The molecule has 2 rings (SSSR count). The van der Waals surface area contributed by atoms with E-state index in [1.54, 1.807) is 64.7 Å². The van der Waals surface area contributed by atoms with Crippen molar-refractivity contribution >= 4 is 28.7 Å². The number of nitrogens with one attached hydrogen (secondary N) is 2. The van der Waals surface area contributed by atoms with Gasteiger partial charge in [0.05, 0.1) is 27.0 Å². The summed E-state index contributed by atoms with van der Waals surface area (Å²) >= 11 is 5.24. The summed E-state index contributed by atoms with van der Waals surface area (Å²) in [5, 5.41) is 17.5. The van der Waals surface area contributed by atoms with Gasteiger partial charge in [-0.25, -0.2) is 0 Å². The molecule has 3 N–H and O–H groups in total. The van der Waals surface area contributed by atoms with Crippen molar-refractivity contribution in [1.82, 2.24) is 5.43 Å². The van der Waals surface area contributed by atoms with Crippen molar-refractivity contribution in [2.75, 3.05) is 26.6 Å². The minimum absolute atomic E-state index is 0.104. The highest BCUT2D eigenvalue weighted by Crippen LogP contribution is 2.29. The van der Waals surface area contributed by atoms with Gasteiger partial charge in [0.25, 0.3) is 0 Å². The molecular formula is C18H21N3O4S. The molecule has 0 aliphatic carbocycles. The smallest absolute Gasteiger partial charge is 0.191 e. The Hall–Kier alpha value is -3.00. The predicted octanol–water partition coefficient (Wildman–Crippen LogP) is 3.13. The summed E-state index contributed by atoms with van der Waals surface area (Å²) in [7, 11) is 4.69. The molecule has 26 heavy (non-hydrogen) atoms. The van der Waals surface area contributed by atoms with E-state index in [1.807, 2.05) is 0 Å². The van der Waals surface area contributed by atoms with Crippen LogP contribution in [0.5, 0.6) is 23.0 Å². The van der Waals surface area contributed by atoms with Crippen LogP contribution in [0.2, 0.25) is 0 Å². The van der Waals surface area contributed by atoms with Crippen LogP contribution in [0.1, 0.15) is 12.5 Å². The molecule has 0 saturated carbocycles. The Labute approximate surface area is 157 Å². The van der Waals surface area contributed by atoms with Crippen molar-refractivity contribution in [2.45, 2.75) is 6.92 Å². The lowest BCUT2D eigenvalue weighted by Crippen LogP contribution is -2.25. The minimum Gasteiger partial charge on any atom is -0.507 e. The molecule has 2 aromatic rings. The second kappa shape index (κ2) is 8.91. The van der Waals surface area contributed by atoms with Crippen LogP contribution in [0.25, 0.3) is 0 Å². The highest BCUT2D eigenvalue weighted by molar-refractivity contribution is 7.80. The van der Waals surface area contributed by atoms with Crippen LogP contribution in [0.4, 0.5) is 5.69 Å². The molecule has 0 aliphatic heterocycles. The summed E-state index contributed by atoms with van der Waals surface area (Å²) in [6, 6.07) is 10.3. The number of thiocarbonyl (C=S) groups is 1. The number of hydrogen-bond acceptors (Lipinski definition) is 6. The number of methoxy groups -OCH3 is 3. The van der Waals surface area contributed by atoms with E-state index in [4.69, 9.17) is 26.4 Å². The fourth-order valence-corrected chi connectivity index (χ4v) is 2.36. The minimum atomic E-state index is 0.104. The van der Waals surface area contributed by atoms with Crippen molar-refractivity contribution in [1.29, 1.82) is 0 Å². The molecule has 0 heterocycles. The largest absolute Gasteiger partial charge is 0.507 e. The third kappa shape index (κ3) is 4.76. The summed E-state index contributed by atoms with van der Waals surface area (Å²) in [4.78, 5) is 0. The van der Waals surface area contributed by atoms with Gasteiger partial charge in [-0.3, -0.25) is 5.43 Å². The SMILES string of the molecule is COc1ccc(O)c(/C(C)=N/NC(=S)Nc2ccc(OC)c(OC)c2)c1. The molecule has 0 saturated heterocycles. The van der Waals surface area contributed by atoms with Gasteiger partial charge in [-0.2, -0.15) is 5.10 Å². The maximum atomic E-state index is 9.97. The van der Waals surface area contributed by atoms with Gasteiger partial charge in [0.1, 0.15) is 11.5 Å². The normalized spacial score (nSPS) is 10.8. The lowest BCUT2D eigenvalue weighted by Gasteiger charge is -2.12. The maximum absolute atomic E-state index is 9.97. The third-order valence-electron chi connectivity index (χ3n) is 3.56. The molecule has 0 aliphatic rings. The number of rotatable bonds is 6. The lowest BCUT2D eigenvalue weighted by atomic mass is 10.1. The second-order valence-electron chi connectivity index (χ2n) is 5.22. The van der Waals surface area contributed by atoms with Gasteiger partial charge in [0.2, 0.25) is 0 Å². The van der Waals surface area contributed by atoms with Crippen LogP contribution < -0.4 is 25.0 Å². The first-order valence-electron chi connectivity index (χ1n) is 7.69. The molecule has 7 nitrogen and oxygen atoms in total. The molecule has 0 radical (unpaired) electrons. The van der Waals surface area contributed by atoms with Gasteiger partial charge in [0.15, 0.2) is 16.6 Å². The van der Waals surface area contributed by atoms with Gasteiger partial charge < -0.3 is 24.6 Å². The summed E-state index contributed by atoms with van der Waals surface area (Å²) in [6.45, 7) is 1.75. The van der Waals surface area contributed by atoms with Gasteiger partial charge >= 0.3 is 0 Å². The van der Waals surface area contributed by atoms with E-state index >= 15 is 0 Å². The summed E-state index contributed by atoms with van der Waals surface area (Å²) in [6.07, 6.45) is 0. The first-order chi connectivity index (χ1) is 12.5. The monoisotopic (exact) mass is 375 g/mol. The van der Waals surface area contributed by atoms with Crippen molar-refractivity contribution in [3.8, 4) is 23.0 Å². The van der Waals surface area contributed by atoms with E-state index in [0.717, 1.165) is 5.69 Å². The molecule has 0 fully saturated rings. The summed E-state index contributed by atoms with van der Waals surface area (Å²) < 4.78 is 15.6. The van der Waals surface area contributed by atoms with Gasteiger partial charge in [-0.15, -0.1) is 0 Å².